The molecule has 3 heteroatoms. The number of nitrogens with two attached hydrogens (primary N) is 1. The van der Waals surface area contributed by atoms with E-state index in [1.54, 1.807) is 12.1 Å². The largest absolute Gasteiger partial charge is 0.324 e. The van der Waals surface area contributed by atoms with E-state index in [1.165, 1.54) is 0 Å². The van der Waals surface area contributed by atoms with Crippen LogP contribution in [0.1, 0.15) is 24.1 Å². The van der Waals surface area contributed by atoms with Gasteiger partial charge in [-0.05, 0) is 24.6 Å². The zero-order valence-electron chi connectivity index (χ0n) is 6.71. The summed E-state index contributed by atoms with van der Waals surface area (Å²) in [5.74, 6) is 0. The fourth-order valence-corrected chi connectivity index (χ4v) is 1.71. The molecule has 0 spiro atoms. The van der Waals surface area contributed by atoms with E-state index < -0.39 is 0 Å². The molecule has 0 radical (unpaired) electrons. The van der Waals surface area contributed by atoms with Crippen LogP contribution in [0.5, 0.6) is 0 Å². The summed E-state index contributed by atoms with van der Waals surface area (Å²) in [4.78, 5) is 0. The molecule has 0 fully saturated rings. The van der Waals surface area contributed by atoms with Gasteiger partial charge in [-0.1, -0.05) is 22.0 Å². The number of hydrogen-bond acceptors (Lipinski definition) is 2. The maximum absolute atomic E-state index is 8.59. The summed E-state index contributed by atoms with van der Waals surface area (Å²) in [5.41, 5.74) is 7.36. The molecule has 0 aliphatic carbocycles. The topological polar surface area (TPSA) is 49.8 Å². The van der Waals surface area contributed by atoms with Crippen LogP contribution < -0.4 is 5.73 Å². The Labute approximate surface area is 80.1 Å². The Morgan fingerprint density at radius 3 is 2.67 bits per heavy atom. The van der Waals surface area contributed by atoms with Crippen molar-refractivity contribution in [2.75, 3.05) is 0 Å². The van der Waals surface area contributed by atoms with Crippen molar-refractivity contribution in [3.63, 3.8) is 0 Å². The predicted octanol–water partition coefficient (Wildman–Crippen LogP) is 2.34. The van der Waals surface area contributed by atoms with Gasteiger partial charge in [-0.25, -0.2) is 0 Å². The molecule has 12 heavy (non-hydrogen) atoms. The van der Waals surface area contributed by atoms with E-state index in [9.17, 15) is 0 Å². The molecule has 0 aliphatic heterocycles. The summed E-state index contributed by atoms with van der Waals surface area (Å²) in [6.45, 7) is 1.91. The van der Waals surface area contributed by atoms with Crippen LogP contribution in [-0.4, -0.2) is 0 Å². The second-order valence-electron chi connectivity index (χ2n) is 2.64. The van der Waals surface area contributed by atoms with Crippen molar-refractivity contribution in [3.05, 3.63) is 33.8 Å². The monoisotopic (exact) mass is 224 g/mol. The van der Waals surface area contributed by atoms with E-state index in [0.29, 0.717) is 5.56 Å². The van der Waals surface area contributed by atoms with Gasteiger partial charge in [0.2, 0.25) is 0 Å². The highest BCUT2D eigenvalue weighted by molar-refractivity contribution is 9.10. The van der Waals surface area contributed by atoms with Crippen LogP contribution in [0.25, 0.3) is 0 Å². The highest BCUT2D eigenvalue weighted by atomic mass is 79.9. The lowest BCUT2D eigenvalue weighted by Crippen LogP contribution is -2.05. The third-order valence-corrected chi connectivity index (χ3v) is 2.31. The Hall–Kier alpha value is -0.850. The van der Waals surface area contributed by atoms with Crippen molar-refractivity contribution in [2.24, 2.45) is 5.73 Å². The zero-order valence-corrected chi connectivity index (χ0v) is 8.30. The standard InChI is InChI=1S/C9H9BrN2/c1-6(12)8-3-2-7(5-11)4-9(8)10/h2-4,6H,12H2,1H3/t6-/m1/s1. The molecular formula is C9H9BrN2. The lowest BCUT2D eigenvalue weighted by molar-refractivity contribution is 0.813. The molecule has 0 heterocycles. The number of benzene rings is 1. The van der Waals surface area contributed by atoms with Crippen LogP contribution >= 0.6 is 15.9 Å². The van der Waals surface area contributed by atoms with Gasteiger partial charge in [0.05, 0.1) is 11.6 Å². The third-order valence-electron chi connectivity index (χ3n) is 1.62. The molecule has 1 aromatic rings. The van der Waals surface area contributed by atoms with Gasteiger partial charge in [-0.2, -0.15) is 5.26 Å². The third kappa shape index (κ3) is 1.84. The number of rotatable bonds is 1. The van der Waals surface area contributed by atoms with Crippen molar-refractivity contribution in [3.8, 4) is 6.07 Å². The quantitative estimate of drug-likeness (QED) is 0.797. The summed E-state index contributed by atoms with van der Waals surface area (Å²) in [5, 5.41) is 8.59. The van der Waals surface area contributed by atoms with Gasteiger partial charge >= 0.3 is 0 Å². The van der Waals surface area contributed by atoms with Gasteiger partial charge in [-0.3, -0.25) is 0 Å². The Bertz CT molecular complexity index is 326. The lowest BCUT2D eigenvalue weighted by Gasteiger charge is -2.07. The molecule has 1 rings (SSSR count). The van der Waals surface area contributed by atoms with Crippen LogP contribution in [0.4, 0.5) is 0 Å². The number of halogens is 1. The summed E-state index contributed by atoms with van der Waals surface area (Å²) < 4.78 is 0.900. The van der Waals surface area contributed by atoms with E-state index in [0.717, 1.165) is 10.0 Å². The lowest BCUT2D eigenvalue weighted by atomic mass is 10.1. The normalized spacial score (nSPS) is 12.2. The average Bonchev–Trinajstić information content (AvgIpc) is 2.03. The van der Waals surface area contributed by atoms with Crippen molar-refractivity contribution in [1.82, 2.24) is 0 Å². The fourth-order valence-electron chi connectivity index (χ4n) is 0.966. The Balaban J connectivity index is 3.14. The predicted molar refractivity (Wildman–Crippen MR) is 51.5 cm³/mol. The molecule has 0 unspecified atom stereocenters. The summed E-state index contributed by atoms with van der Waals surface area (Å²) >= 11 is 3.36. The average molecular weight is 225 g/mol. The minimum Gasteiger partial charge on any atom is -0.324 e. The molecule has 0 aromatic heterocycles. The van der Waals surface area contributed by atoms with Crippen LogP contribution in [0.3, 0.4) is 0 Å². The van der Waals surface area contributed by atoms with Crippen molar-refractivity contribution >= 4 is 15.9 Å². The summed E-state index contributed by atoms with van der Waals surface area (Å²) in [6, 6.07) is 7.47. The highest BCUT2D eigenvalue weighted by Gasteiger charge is 2.04. The van der Waals surface area contributed by atoms with Gasteiger partial charge < -0.3 is 5.73 Å². The maximum atomic E-state index is 8.59. The molecule has 1 aromatic carbocycles. The number of nitrogens with zero attached hydrogens (tertiary/aromatic N) is 1. The Kier molecular flexibility index (Phi) is 2.85. The minimum atomic E-state index is -0.00730. The Morgan fingerprint density at radius 1 is 1.58 bits per heavy atom. The van der Waals surface area contributed by atoms with Gasteiger partial charge in [0.25, 0.3) is 0 Å². The second kappa shape index (κ2) is 3.70. The first-order valence-electron chi connectivity index (χ1n) is 3.60. The van der Waals surface area contributed by atoms with Gasteiger partial charge in [0, 0.05) is 10.5 Å². The van der Waals surface area contributed by atoms with Crippen LogP contribution in [0.15, 0.2) is 22.7 Å². The maximum Gasteiger partial charge on any atom is 0.0992 e. The molecule has 2 nitrogen and oxygen atoms in total. The summed E-state index contributed by atoms with van der Waals surface area (Å²) in [6.07, 6.45) is 0. The van der Waals surface area contributed by atoms with E-state index in [1.807, 2.05) is 13.0 Å². The molecule has 0 saturated carbocycles. The molecule has 0 amide bonds. The first-order valence-corrected chi connectivity index (χ1v) is 4.39. The molecule has 1 atom stereocenters. The van der Waals surface area contributed by atoms with Crippen LogP contribution in [0, 0.1) is 11.3 Å². The Morgan fingerprint density at radius 2 is 2.25 bits per heavy atom. The van der Waals surface area contributed by atoms with Crippen molar-refractivity contribution in [2.45, 2.75) is 13.0 Å². The summed E-state index contributed by atoms with van der Waals surface area (Å²) in [7, 11) is 0. The number of nitriles is 1. The fraction of sp³-hybridized carbons (Fsp3) is 0.222. The van der Waals surface area contributed by atoms with Crippen LogP contribution in [0.2, 0.25) is 0 Å². The molecule has 62 valence electrons. The van der Waals surface area contributed by atoms with E-state index in [-0.39, 0.29) is 6.04 Å². The zero-order chi connectivity index (χ0) is 9.14. The van der Waals surface area contributed by atoms with E-state index >= 15 is 0 Å². The second-order valence-corrected chi connectivity index (χ2v) is 3.49. The molecular weight excluding hydrogens is 216 g/mol. The molecule has 0 bridgehead atoms. The SMILES string of the molecule is C[C@@H](N)c1ccc(C#N)cc1Br. The van der Waals surface area contributed by atoms with E-state index in [2.05, 4.69) is 22.0 Å². The van der Waals surface area contributed by atoms with Crippen LogP contribution in [-0.2, 0) is 0 Å². The highest BCUT2D eigenvalue weighted by Crippen LogP contribution is 2.22. The minimum absolute atomic E-state index is 0.00730. The first-order chi connectivity index (χ1) is 5.65. The van der Waals surface area contributed by atoms with Gasteiger partial charge in [0.15, 0.2) is 0 Å². The van der Waals surface area contributed by atoms with Gasteiger partial charge in [0.1, 0.15) is 0 Å². The number of hydrogen-bond donors (Lipinski definition) is 1. The van der Waals surface area contributed by atoms with Crippen molar-refractivity contribution < 1.29 is 0 Å². The first kappa shape index (κ1) is 9.24. The van der Waals surface area contributed by atoms with Gasteiger partial charge in [-0.15, -0.1) is 0 Å². The smallest absolute Gasteiger partial charge is 0.0992 e. The van der Waals surface area contributed by atoms with Crippen molar-refractivity contribution in [1.29, 1.82) is 5.26 Å². The molecule has 0 aliphatic rings. The van der Waals surface area contributed by atoms with E-state index in [4.69, 9.17) is 11.0 Å². The molecule has 0 saturated heterocycles. The molecule has 2 N–H and O–H groups in total.